The fraction of sp³-hybridized carbons (Fsp3) is 0.429. The molecule has 4 rings (SSSR count). The van der Waals surface area contributed by atoms with Gasteiger partial charge in [0, 0.05) is 20.1 Å². The third-order valence-electron chi connectivity index (χ3n) is 5.19. The van der Waals surface area contributed by atoms with Crippen molar-refractivity contribution in [1.82, 2.24) is 19.1 Å². The normalized spacial score (nSPS) is 14.1. The minimum absolute atomic E-state index is 0.000411. The Kier molecular flexibility index (Phi) is 6.13. The summed E-state index contributed by atoms with van der Waals surface area (Å²) in [6.45, 7) is 3.28. The van der Waals surface area contributed by atoms with E-state index in [0.29, 0.717) is 22.2 Å². The maximum atomic E-state index is 13.3. The molecule has 1 aliphatic heterocycles. The summed E-state index contributed by atoms with van der Waals surface area (Å²) < 4.78 is 13.4. The first-order valence-electron chi connectivity index (χ1n) is 10.3. The molecule has 1 aliphatic rings. The second-order valence-electron chi connectivity index (χ2n) is 7.27. The largest absolute Gasteiger partial charge is 0.463 e. The third kappa shape index (κ3) is 4.10. The number of carbonyl (C=O) groups is 1. The lowest BCUT2D eigenvalue weighted by Crippen LogP contribution is -2.32. The van der Waals surface area contributed by atoms with Crippen LogP contribution in [0.3, 0.4) is 0 Å². The molecule has 2 aromatic heterocycles. The Hall–Kier alpha value is -3.07. The van der Waals surface area contributed by atoms with E-state index in [2.05, 4.69) is 14.9 Å². The molecule has 1 fully saturated rings. The van der Waals surface area contributed by atoms with E-state index in [1.807, 2.05) is 18.2 Å². The van der Waals surface area contributed by atoms with Crippen molar-refractivity contribution in [3.05, 3.63) is 39.6 Å². The Morgan fingerprint density at radius 2 is 1.90 bits per heavy atom. The highest BCUT2D eigenvalue weighted by Crippen LogP contribution is 2.31. The number of carbonyl (C=O) groups excluding carboxylic acids is 1. The Morgan fingerprint density at radius 3 is 2.61 bits per heavy atom. The molecule has 0 saturated carbocycles. The van der Waals surface area contributed by atoms with Crippen LogP contribution in [0, 0.1) is 0 Å². The van der Waals surface area contributed by atoms with Crippen molar-refractivity contribution >= 4 is 34.7 Å². The number of esters is 1. The van der Waals surface area contributed by atoms with Gasteiger partial charge in [0.25, 0.3) is 5.56 Å². The van der Waals surface area contributed by atoms with E-state index in [4.69, 9.17) is 21.1 Å². The lowest BCUT2D eigenvalue weighted by molar-refractivity contribution is -0.145. The first-order chi connectivity index (χ1) is 15.0. The first kappa shape index (κ1) is 21.2. The molecule has 0 radical (unpaired) electrons. The van der Waals surface area contributed by atoms with Crippen molar-refractivity contribution in [2.24, 2.45) is 7.05 Å². The first-order valence-corrected chi connectivity index (χ1v) is 10.7. The van der Waals surface area contributed by atoms with Crippen LogP contribution in [0.1, 0.15) is 26.2 Å². The molecule has 0 N–H and O–H groups in total. The number of rotatable bonds is 6. The van der Waals surface area contributed by atoms with Crippen LogP contribution in [0.15, 0.2) is 29.1 Å². The quantitative estimate of drug-likeness (QED) is 0.538. The fourth-order valence-electron chi connectivity index (χ4n) is 3.70. The number of imidazole rings is 1. The summed E-state index contributed by atoms with van der Waals surface area (Å²) >= 11 is 6.49. The molecule has 0 aliphatic carbocycles. The van der Waals surface area contributed by atoms with Crippen LogP contribution >= 0.6 is 11.6 Å². The lowest BCUT2D eigenvalue weighted by Gasteiger charge is -2.28. The van der Waals surface area contributed by atoms with E-state index >= 15 is 0 Å². The number of anilines is 1. The summed E-state index contributed by atoms with van der Waals surface area (Å²) in [5, 5.41) is 0.504. The maximum absolute atomic E-state index is 13.3. The highest BCUT2D eigenvalue weighted by molar-refractivity contribution is 6.32. The number of halogens is 1. The third-order valence-corrected chi connectivity index (χ3v) is 5.51. The number of piperidine rings is 1. The molecule has 31 heavy (non-hydrogen) atoms. The van der Waals surface area contributed by atoms with Crippen LogP contribution in [-0.2, 0) is 16.6 Å². The molecule has 0 bridgehead atoms. The second kappa shape index (κ2) is 8.97. The summed E-state index contributed by atoms with van der Waals surface area (Å²) in [6.07, 6.45) is 3.25. The van der Waals surface area contributed by atoms with Gasteiger partial charge in [-0.15, -0.1) is 0 Å². The molecule has 0 amide bonds. The van der Waals surface area contributed by atoms with Crippen LogP contribution in [0.5, 0.6) is 6.01 Å². The SMILES string of the molecule is CCOC(=O)COc1nc2nc(N3CCCCC3)n(-c3ccccc3Cl)c2c(=O)n1C. The molecule has 1 aromatic carbocycles. The standard InChI is InChI=1S/C21H24ClN5O4/c1-3-30-16(28)13-31-21-24-18-17(19(29)25(21)2)27(15-10-6-5-9-14(15)22)20(23-18)26-11-7-4-8-12-26/h5-6,9-10H,3-4,7-8,11-13H2,1-2H3. The maximum Gasteiger partial charge on any atom is 0.344 e. The lowest BCUT2D eigenvalue weighted by atomic mass is 10.1. The summed E-state index contributed by atoms with van der Waals surface area (Å²) in [4.78, 5) is 36.3. The monoisotopic (exact) mass is 445 g/mol. The van der Waals surface area contributed by atoms with Crippen molar-refractivity contribution in [2.45, 2.75) is 26.2 Å². The predicted octanol–water partition coefficient (Wildman–Crippen LogP) is 2.70. The van der Waals surface area contributed by atoms with Crippen LogP contribution in [0.2, 0.25) is 5.02 Å². The summed E-state index contributed by atoms with van der Waals surface area (Å²) in [6, 6.07) is 7.32. The molecule has 1 saturated heterocycles. The Labute approximate surface area is 184 Å². The molecule has 0 spiro atoms. The number of hydrogen-bond donors (Lipinski definition) is 0. The second-order valence-corrected chi connectivity index (χ2v) is 7.68. The van der Waals surface area contributed by atoms with E-state index in [9.17, 15) is 9.59 Å². The van der Waals surface area contributed by atoms with Gasteiger partial charge in [-0.1, -0.05) is 23.7 Å². The van der Waals surface area contributed by atoms with Crippen LogP contribution in [-0.4, -0.2) is 51.4 Å². The van der Waals surface area contributed by atoms with Crippen molar-refractivity contribution in [1.29, 1.82) is 0 Å². The van der Waals surface area contributed by atoms with Gasteiger partial charge in [-0.3, -0.25) is 13.9 Å². The number of benzene rings is 1. The number of hydrogen-bond acceptors (Lipinski definition) is 7. The van der Waals surface area contributed by atoms with E-state index in [1.165, 1.54) is 4.57 Å². The van der Waals surface area contributed by atoms with Gasteiger partial charge >= 0.3 is 12.0 Å². The van der Waals surface area contributed by atoms with E-state index in [-0.39, 0.29) is 30.4 Å². The summed E-state index contributed by atoms with van der Waals surface area (Å²) in [7, 11) is 1.54. The Balaban J connectivity index is 1.87. The van der Waals surface area contributed by atoms with Gasteiger partial charge in [0.15, 0.2) is 17.8 Å². The predicted molar refractivity (Wildman–Crippen MR) is 117 cm³/mol. The fourth-order valence-corrected chi connectivity index (χ4v) is 3.92. The van der Waals surface area contributed by atoms with Gasteiger partial charge in [0.2, 0.25) is 5.95 Å². The van der Waals surface area contributed by atoms with E-state index in [1.54, 1.807) is 24.6 Å². The van der Waals surface area contributed by atoms with Gasteiger partial charge in [-0.05, 0) is 38.3 Å². The molecular formula is C21H24ClN5O4. The molecule has 164 valence electrons. The van der Waals surface area contributed by atoms with Crippen LogP contribution in [0.4, 0.5) is 5.95 Å². The zero-order chi connectivity index (χ0) is 22.0. The zero-order valence-corrected chi connectivity index (χ0v) is 18.3. The van der Waals surface area contributed by atoms with Crippen molar-refractivity contribution < 1.29 is 14.3 Å². The van der Waals surface area contributed by atoms with Crippen molar-refractivity contribution in [3.63, 3.8) is 0 Å². The number of fused-ring (bicyclic) bond motifs is 1. The summed E-state index contributed by atoms with van der Waals surface area (Å²) in [5.41, 5.74) is 0.855. The van der Waals surface area contributed by atoms with Crippen LogP contribution < -0.4 is 15.2 Å². The van der Waals surface area contributed by atoms with Gasteiger partial charge in [-0.25, -0.2) is 4.79 Å². The molecule has 3 heterocycles. The molecule has 10 heteroatoms. The molecule has 3 aromatic rings. The minimum Gasteiger partial charge on any atom is -0.463 e. The number of aromatic nitrogens is 4. The Morgan fingerprint density at radius 1 is 1.16 bits per heavy atom. The number of ether oxygens (including phenoxy) is 2. The summed E-state index contributed by atoms with van der Waals surface area (Å²) in [5.74, 6) is 0.0855. The van der Waals surface area contributed by atoms with Gasteiger partial charge in [0.1, 0.15) is 0 Å². The highest BCUT2D eigenvalue weighted by Gasteiger charge is 2.25. The van der Waals surface area contributed by atoms with Gasteiger partial charge in [0.05, 0.1) is 17.3 Å². The number of para-hydroxylation sites is 1. The molecule has 0 atom stereocenters. The van der Waals surface area contributed by atoms with Gasteiger partial charge < -0.3 is 14.4 Å². The minimum atomic E-state index is -0.535. The van der Waals surface area contributed by atoms with Crippen LogP contribution in [0.25, 0.3) is 16.9 Å². The molecule has 0 unspecified atom stereocenters. The van der Waals surface area contributed by atoms with Gasteiger partial charge in [-0.2, -0.15) is 9.97 Å². The zero-order valence-electron chi connectivity index (χ0n) is 17.5. The molecular weight excluding hydrogens is 422 g/mol. The Bertz CT molecular complexity index is 1170. The number of nitrogens with zero attached hydrogens (tertiary/aromatic N) is 5. The average molecular weight is 446 g/mol. The van der Waals surface area contributed by atoms with Crippen molar-refractivity contribution in [2.75, 3.05) is 31.2 Å². The smallest absolute Gasteiger partial charge is 0.344 e. The topological polar surface area (TPSA) is 91.5 Å². The highest BCUT2D eigenvalue weighted by atomic mass is 35.5. The van der Waals surface area contributed by atoms with E-state index in [0.717, 1.165) is 32.4 Å². The van der Waals surface area contributed by atoms with Crippen molar-refractivity contribution in [3.8, 4) is 11.7 Å². The van der Waals surface area contributed by atoms with E-state index < -0.39 is 5.97 Å². The molecule has 9 nitrogen and oxygen atoms in total. The average Bonchev–Trinajstić information content (AvgIpc) is 3.16.